The van der Waals surface area contributed by atoms with E-state index in [9.17, 15) is 0 Å². The van der Waals surface area contributed by atoms with Gasteiger partial charge in [-0.1, -0.05) is 13.3 Å². The molecule has 3 heteroatoms. The first kappa shape index (κ1) is 10.4. The van der Waals surface area contributed by atoms with Crippen molar-refractivity contribution in [1.82, 2.24) is 0 Å². The van der Waals surface area contributed by atoms with E-state index in [0.717, 1.165) is 12.8 Å². The maximum Gasteiger partial charge on any atom is 0.185 e. The zero-order valence-corrected chi connectivity index (χ0v) is 7.91. The van der Waals surface area contributed by atoms with E-state index < -0.39 is 0 Å². The number of allylic oxidation sites excluding steroid dienone is 1. The molecule has 2 N–H and O–H groups in total. The molecule has 0 aromatic carbocycles. The Kier molecular flexibility index (Phi) is 5.84. The molecule has 0 bridgehead atoms. The van der Waals surface area contributed by atoms with Crippen LogP contribution in [-0.4, -0.2) is 11.7 Å². The summed E-state index contributed by atoms with van der Waals surface area (Å²) in [5.41, 5.74) is 6.08. The van der Waals surface area contributed by atoms with Crippen molar-refractivity contribution in [2.75, 3.05) is 6.61 Å². The van der Waals surface area contributed by atoms with Crippen molar-refractivity contribution in [2.45, 2.75) is 26.7 Å². The van der Waals surface area contributed by atoms with Gasteiger partial charge in [0.1, 0.15) is 0 Å². The van der Waals surface area contributed by atoms with Crippen LogP contribution in [0.15, 0.2) is 11.8 Å². The quantitative estimate of drug-likeness (QED) is 0.401. The highest BCUT2D eigenvalue weighted by Crippen LogP contribution is 1.92. The van der Waals surface area contributed by atoms with E-state index in [2.05, 4.69) is 6.92 Å². The standard InChI is InChI=1S/C8H15NOS/c1-3-4-5-10-8(11)6-7(2)9/h6H,3-5,9H2,1-2H3. The van der Waals surface area contributed by atoms with Crippen LogP contribution in [0.25, 0.3) is 0 Å². The van der Waals surface area contributed by atoms with Gasteiger partial charge in [-0.3, -0.25) is 0 Å². The summed E-state index contributed by atoms with van der Waals surface area (Å²) in [6, 6.07) is 0. The van der Waals surface area contributed by atoms with Gasteiger partial charge in [-0.25, -0.2) is 0 Å². The second-order valence-electron chi connectivity index (χ2n) is 2.41. The van der Waals surface area contributed by atoms with Gasteiger partial charge in [0.25, 0.3) is 0 Å². The van der Waals surface area contributed by atoms with Crippen LogP contribution in [-0.2, 0) is 4.74 Å². The summed E-state index contributed by atoms with van der Waals surface area (Å²) in [4.78, 5) is 0. The highest BCUT2D eigenvalue weighted by molar-refractivity contribution is 7.80. The smallest absolute Gasteiger partial charge is 0.185 e. The molecule has 64 valence electrons. The summed E-state index contributed by atoms with van der Waals surface area (Å²) in [6.45, 7) is 4.59. The van der Waals surface area contributed by atoms with Crippen LogP contribution in [0.3, 0.4) is 0 Å². The number of nitrogens with two attached hydrogens (primary N) is 1. The summed E-state index contributed by atoms with van der Waals surface area (Å²) < 4.78 is 5.17. The first-order valence-electron chi connectivity index (χ1n) is 3.77. The minimum atomic E-state index is 0.485. The average Bonchev–Trinajstić information content (AvgIpc) is 1.86. The molecule has 0 saturated carbocycles. The molecule has 0 aliphatic heterocycles. The van der Waals surface area contributed by atoms with Gasteiger partial charge in [0.15, 0.2) is 5.05 Å². The molecule has 0 rings (SSSR count). The Morgan fingerprint density at radius 2 is 2.27 bits per heavy atom. The van der Waals surface area contributed by atoms with E-state index in [0.29, 0.717) is 17.4 Å². The number of thiocarbonyl (C=S) groups is 1. The van der Waals surface area contributed by atoms with E-state index in [1.165, 1.54) is 0 Å². The predicted molar refractivity (Wildman–Crippen MR) is 51.4 cm³/mol. The third-order valence-corrected chi connectivity index (χ3v) is 1.32. The van der Waals surface area contributed by atoms with Gasteiger partial charge in [0.05, 0.1) is 6.61 Å². The zero-order valence-electron chi connectivity index (χ0n) is 7.09. The van der Waals surface area contributed by atoms with Gasteiger partial charge in [0, 0.05) is 11.8 Å². The molecule has 0 amide bonds. The summed E-state index contributed by atoms with van der Waals surface area (Å²) in [5, 5.41) is 0.485. The van der Waals surface area contributed by atoms with Crippen molar-refractivity contribution >= 4 is 17.3 Å². The Morgan fingerprint density at radius 3 is 2.73 bits per heavy atom. The minimum absolute atomic E-state index is 0.485. The van der Waals surface area contributed by atoms with Crippen LogP contribution in [0.1, 0.15) is 26.7 Å². The molecule has 0 aromatic rings. The van der Waals surface area contributed by atoms with Crippen LogP contribution >= 0.6 is 12.2 Å². The summed E-state index contributed by atoms with van der Waals surface area (Å²) in [7, 11) is 0. The monoisotopic (exact) mass is 173 g/mol. The van der Waals surface area contributed by atoms with Crippen molar-refractivity contribution in [2.24, 2.45) is 5.73 Å². The van der Waals surface area contributed by atoms with E-state index in [1.807, 2.05) is 0 Å². The van der Waals surface area contributed by atoms with Crippen molar-refractivity contribution in [1.29, 1.82) is 0 Å². The third kappa shape index (κ3) is 7.33. The predicted octanol–water partition coefficient (Wildman–Crippen LogP) is 1.99. The largest absolute Gasteiger partial charge is 0.483 e. The van der Waals surface area contributed by atoms with Gasteiger partial charge in [-0.15, -0.1) is 0 Å². The summed E-state index contributed by atoms with van der Waals surface area (Å²) >= 11 is 4.86. The van der Waals surface area contributed by atoms with Gasteiger partial charge in [-0.2, -0.15) is 0 Å². The fraction of sp³-hybridized carbons (Fsp3) is 0.625. The van der Waals surface area contributed by atoms with Crippen LogP contribution in [0.2, 0.25) is 0 Å². The fourth-order valence-corrected chi connectivity index (χ4v) is 0.814. The molecule has 0 radical (unpaired) electrons. The number of hydrogen-bond acceptors (Lipinski definition) is 3. The van der Waals surface area contributed by atoms with Crippen LogP contribution in [0.4, 0.5) is 0 Å². The van der Waals surface area contributed by atoms with Crippen molar-refractivity contribution in [3.05, 3.63) is 11.8 Å². The summed E-state index contributed by atoms with van der Waals surface area (Å²) in [6.07, 6.45) is 3.82. The van der Waals surface area contributed by atoms with E-state index in [4.69, 9.17) is 22.7 Å². The first-order chi connectivity index (χ1) is 5.16. The fourth-order valence-electron chi connectivity index (χ4n) is 0.545. The second kappa shape index (κ2) is 6.16. The lowest BCUT2D eigenvalue weighted by Crippen LogP contribution is -2.03. The topological polar surface area (TPSA) is 35.2 Å². The molecule has 2 nitrogen and oxygen atoms in total. The van der Waals surface area contributed by atoms with E-state index in [1.54, 1.807) is 13.0 Å². The van der Waals surface area contributed by atoms with E-state index >= 15 is 0 Å². The highest BCUT2D eigenvalue weighted by atomic mass is 32.1. The van der Waals surface area contributed by atoms with Crippen molar-refractivity contribution in [3.63, 3.8) is 0 Å². The summed E-state index contributed by atoms with van der Waals surface area (Å²) in [5.74, 6) is 0. The van der Waals surface area contributed by atoms with Crippen LogP contribution in [0.5, 0.6) is 0 Å². The molecule has 0 aromatic heterocycles. The molecular weight excluding hydrogens is 158 g/mol. The number of unbranched alkanes of at least 4 members (excludes halogenated alkanes) is 1. The average molecular weight is 173 g/mol. The first-order valence-corrected chi connectivity index (χ1v) is 4.18. The Bertz CT molecular complexity index is 150. The Morgan fingerprint density at radius 1 is 1.64 bits per heavy atom. The second-order valence-corrected chi connectivity index (χ2v) is 2.81. The molecule has 0 unspecified atom stereocenters. The van der Waals surface area contributed by atoms with Crippen molar-refractivity contribution in [3.8, 4) is 0 Å². The minimum Gasteiger partial charge on any atom is -0.483 e. The van der Waals surface area contributed by atoms with Crippen molar-refractivity contribution < 1.29 is 4.74 Å². The number of ether oxygens (including phenoxy) is 1. The molecule has 0 fully saturated rings. The molecule has 0 atom stereocenters. The molecule has 0 aliphatic rings. The lowest BCUT2D eigenvalue weighted by Gasteiger charge is -2.02. The molecular formula is C8H15NOS. The van der Waals surface area contributed by atoms with E-state index in [-0.39, 0.29) is 0 Å². The zero-order chi connectivity index (χ0) is 8.69. The number of hydrogen-bond donors (Lipinski definition) is 1. The Labute approximate surface area is 73.4 Å². The van der Waals surface area contributed by atoms with Gasteiger partial charge in [-0.05, 0) is 25.6 Å². The van der Waals surface area contributed by atoms with Crippen LogP contribution in [0, 0.1) is 0 Å². The lowest BCUT2D eigenvalue weighted by molar-refractivity contribution is 0.307. The molecule has 11 heavy (non-hydrogen) atoms. The lowest BCUT2D eigenvalue weighted by atomic mass is 10.4. The van der Waals surface area contributed by atoms with Gasteiger partial charge >= 0.3 is 0 Å². The Balaban J connectivity index is 3.46. The SMILES string of the molecule is CCCCOC(=S)C=C(C)N. The Hall–Kier alpha value is -0.570. The normalized spacial score (nSPS) is 11.3. The number of rotatable bonds is 4. The third-order valence-electron chi connectivity index (χ3n) is 1.09. The van der Waals surface area contributed by atoms with Gasteiger partial charge in [0.2, 0.25) is 0 Å². The molecule has 0 aliphatic carbocycles. The molecule has 0 heterocycles. The molecule has 0 saturated heterocycles. The maximum atomic E-state index is 5.39. The van der Waals surface area contributed by atoms with Crippen LogP contribution < -0.4 is 5.73 Å². The highest BCUT2D eigenvalue weighted by Gasteiger charge is 1.91. The molecule has 0 spiro atoms. The maximum absolute atomic E-state index is 5.39. The van der Waals surface area contributed by atoms with Gasteiger partial charge < -0.3 is 10.5 Å².